The van der Waals surface area contributed by atoms with Crippen molar-refractivity contribution in [3.63, 3.8) is 0 Å². The van der Waals surface area contributed by atoms with Crippen LogP contribution in [0.1, 0.15) is 29.0 Å². The molecule has 0 unspecified atom stereocenters. The van der Waals surface area contributed by atoms with Crippen molar-refractivity contribution in [1.29, 1.82) is 0 Å². The zero-order chi connectivity index (χ0) is 21.0. The molecule has 0 fully saturated rings. The minimum Gasteiger partial charge on any atom is -0.449 e. The first-order valence-corrected chi connectivity index (χ1v) is 10.5. The quantitative estimate of drug-likeness (QED) is 0.413. The van der Waals surface area contributed by atoms with E-state index in [0.717, 1.165) is 23.0 Å². The lowest BCUT2D eigenvalue weighted by atomic mass is 9.98. The number of hydrogen-bond donors (Lipinski definition) is 2. The maximum atomic E-state index is 12.2. The van der Waals surface area contributed by atoms with Gasteiger partial charge in [-0.1, -0.05) is 60.7 Å². The second kappa shape index (κ2) is 8.48. The Balaban J connectivity index is 1.13. The Morgan fingerprint density at radius 2 is 1.77 bits per heavy atom. The first-order chi connectivity index (χ1) is 15.3. The fraction of sp³-hybridized carbons (Fsp3) is 0.154. The number of aromatic nitrogens is 2. The average molecular weight is 409 g/mol. The number of amides is 1. The van der Waals surface area contributed by atoms with Gasteiger partial charge in [-0.15, -0.1) is 0 Å². The molecular weight excluding hydrogens is 386 g/mol. The Kier molecular flexibility index (Phi) is 5.23. The van der Waals surface area contributed by atoms with Crippen LogP contribution in [0.2, 0.25) is 0 Å². The van der Waals surface area contributed by atoms with Gasteiger partial charge in [-0.05, 0) is 40.8 Å². The summed E-state index contributed by atoms with van der Waals surface area (Å²) in [6.45, 7) is 0.853. The van der Waals surface area contributed by atoms with E-state index >= 15 is 0 Å². The number of aromatic amines is 1. The molecule has 1 aliphatic rings. The lowest BCUT2D eigenvalue weighted by molar-refractivity contribution is 0.143. The van der Waals surface area contributed by atoms with Crippen LogP contribution in [-0.4, -0.2) is 29.2 Å². The normalized spacial score (nSPS) is 12.8. The number of ether oxygens (including phenoxy) is 1. The van der Waals surface area contributed by atoms with Gasteiger partial charge in [0.25, 0.3) is 0 Å². The number of rotatable bonds is 6. The maximum Gasteiger partial charge on any atom is 0.407 e. The first kappa shape index (κ1) is 19.1. The lowest BCUT2D eigenvalue weighted by Gasteiger charge is -2.14. The SMILES string of the molecule is O=C(NCCC=Cc1c[nH]c2ncccc12)OCC1c2ccccc2-c2ccccc21. The zero-order valence-corrected chi connectivity index (χ0v) is 17.0. The van der Waals surface area contributed by atoms with E-state index in [1.54, 1.807) is 6.20 Å². The van der Waals surface area contributed by atoms with Crippen LogP contribution in [0.15, 0.2) is 79.1 Å². The van der Waals surface area contributed by atoms with Crippen molar-refractivity contribution in [2.45, 2.75) is 12.3 Å². The molecule has 1 amide bonds. The van der Waals surface area contributed by atoms with Crippen molar-refractivity contribution < 1.29 is 9.53 Å². The Bertz CT molecular complexity index is 1210. The van der Waals surface area contributed by atoms with Gasteiger partial charge in [0.1, 0.15) is 12.3 Å². The summed E-state index contributed by atoms with van der Waals surface area (Å²) >= 11 is 0. The number of carbonyl (C=O) groups excluding carboxylic acids is 1. The van der Waals surface area contributed by atoms with Crippen LogP contribution in [0.3, 0.4) is 0 Å². The van der Waals surface area contributed by atoms with Crippen molar-refractivity contribution >= 4 is 23.2 Å². The Morgan fingerprint density at radius 3 is 2.55 bits per heavy atom. The number of alkyl carbamates (subject to hydrolysis) is 1. The monoisotopic (exact) mass is 409 g/mol. The van der Waals surface area contributed by atoms with Crippen LogP contribution in [0.25, 0.3) is 28.2 Å². The third-order valence-electron chi connectivity index (χ3n) is 5.70. The van der Waals surface area contributed by atoms with E-state index in [4.69, 9.17) is 4.74 Å². The molecule has 0 radical (unpaired) electrons. The smallest absolute Gasteiger partial charge is 0.407 e. The van der Waals surface area contributed by atoms with Gasteiger partial charge >= 0.3 is 6.09 Å². The number of pyridine rings is 1. The number of nitrogens with one attached hydrogen (secondary N) is 2. The Morgan fingerprint density at radius 1 is 1.03 bits per heavy atom. The fourth-order valence-corrected chi connectivity index (χ4v) is 4.23. The molecule has 4 aromatic rings. The molecule has 0 bridgehead atoms. The highest BCUT2D eigenvalue weighted by Gasteiger charge is 2.28. The van der Waals surface area contributed by atoms with E-state index in [1.807, 2.05) is 54.7 Å². The third-order valence-corrected chi connectivity index (χ3v) is 5.70. The van der Waals surface area contributed by atoms with Crippen LogP contribution in [0.4, 0.5) is 4.79 Å². The third kappa shape index (κ3) is 3.82. The van der Waals surface area contributed by atoms with Crippen molar-refractivity contribution in [2.24, 2.45) is 0 Å². The lowest BCUT2D eigenvalue weighted by Crippen LogP contribution is -2.26. The predicted octanol–water partition coefficient (Wildman–Crippen LogP) is 5.50. The topological polar surface area (TPSA) is 67.0 Å². The molecule has 5 rings (SSSR count). The van der Waals surface area contributed by atoms with E-state index in [2.05, 4.69) is 39.6 Å². The number of H-pyrrole nitrogens is 1. The molecule has 0 aliphatic heterocycles. The molecule has 5 heteroatoms. The van der Waals surface area contributed by atoms with Gasteiger partial charge in [-0.3, -0.25) is 0 Å². The van der Waals surface area contributed by atoms with E-state index in [9.17, 15) is 4.79 Å². The number of fused-ring (bicyclic) bond motifs is 4. The predicted molar refractivity (Wildman–Crippen MR) is 123 cm³/mol. The van der Waals surface area contributed by atoms with Crippen LogP contribution in [0, 0.1) is 0 Å². The minimum absolute atomic E-state index is 0.0773. The van der Waals surface area contributed by atoms with Crippen molar-refractivity contribution in [3.8, 4) is 11.1 Å². The van der Waals surface area contributed by atoms with Crippen molar-refractivity contribution in [2.75, 3.05) is 13.2 Å². The molecule has 0 atom stereocenters. The molecule has 1 aliphatic carbocycles. The van der Waals surface area contributed by atoms with E-state index < -0.39 is 0 Å². The molecule has 2 N–H and O–H groups in total. The van der Waals surface area contributed by atoms with E-state index in [0.29, 0.717) is 13.2 Å². The van der Waals surface area contributed by atoms with Gasteiger partial charge in [0.15, 0.2) is 0 Å². The number of benzene rings is 2. The molecule has 0 saturated carbocycles. The highest BCUT2D eigenvalue weighted by atomic mass is 16.5. The van der Waals surface area contributed by atoms with Gasteiger partial charge in [0.2, 0.25) is 0 Å². The number of hydrogen-bond acceptors (Lipinski definition) is 3. The van der Waals surface area contributed by atoms with Gasteiger partial charge < -0.3 is 15.0 Å². The molecule has 154 valence electrons. The van der Waals surface area contributed by atoms with Crippen LogP contribution in [0.5, 0.6) is 0 Å². The average Bonchev–Trinajstić information content (AvgIpc) is 3.37. The van der Waals surface area contributed by atoms with Crippen molar-refractivity contribution in [3.05, 3.63) is 95.8 Å². The summed E-state index contributed by atoms with van der Waals surface area (Å²) < 4.78 is 5.56. The summed E-state index contributed by atoms with van der Waals surface area (Å²) in [5, 5.41) is 3.93. The van der Waals surface area contributed by atoms with Gasteiger partial charge in [0, 0.05) is 35.8 Å². The van der Waals surface area contributed by atoms with E-state index in [-0.39, 0.29) is 12.0 Å². The zero-order valence-electron chi connectivity index (χ0n) is 17.0. The summed E-state index contributed by atoms with van der Waals surface area (Å²) in [7, 11) is 0. The Labute approximate surface area is 180 Å². The number of carbonyl (C=O) groups is 1. The summed E-state index contributed by atoms with van der Waals surface area (Å²) in [5.41, 5.74) is 6.85. The van der Waals surface area contributed by atoms with Crippen LogP contribution < -0.4 is 5.32 Å². The minimum atomic E-state index is -0.383. The second-order valence-corrected chi connectivity index (χ2v) is 7.59. The standard InChI is InChI=1S/C26H23N3O2/c30-26(28-14-6-5-8-18-16-29-25-19(18)13-7-15-27-25)31-17-24-22-11-3-1-9-20(22)21-10-2-4-12-23(21)24/h1-5,7-13,15-16,24H,6,14,17H2,(H,27,29)(H,28,30). The van der Waals surface area contributed by atoms with Gasteiger partial charge in [-0.25, -0.2) is 9.78 Å². The maximum absolute atomic E-state index is 12.2. The fourth-order valence-electron chi connectivity index (χ4n) is 4.23. The summed E-state index contributed by atoms with van der Waals surface area (Å²) in [4.78, 5) is 19.7. The summed E-state index contributed by atoms with van der Waals surface area (Å²) in [5.74, 6) is 0.0773. The first-order valence-electron chi connectivity index (χ1n) is 10.5. The van der Waals surface area contributed by atoms with Gasteiger partial charge in [0.05, 0.1) is 0 Å². The molecule has 5 nitrogen and oxygen atoms in total. The molecule has 31 heavy (non-hydrogen) atoms. The molecule has 2 aromatic carbocycles. The Hall–Kier alpha value is -3.86. The molecule has 2 heterocycles. The molecular formula is C26H23N3O2. The van der Waals surface area contributed by atoms with Crippen LogP contribution >= 0.6 is 0 Å². The summed E-state index contributed by atoms with van der Waals surface area (Å²) in [6.07, 6.45) is 8.13. The van der Waals surface area contributed by atoms with Crippen molar-refractivity contribution in [1.82, 2.24) is 15.3 Å². The molecule has 2 aromatic heterocycles. The highest BCUT2D eigenvalue weighted by molar-refractivity contribution is 5.86. The molecule has 0 saturated heterocycles. The second-order valence-electron chi connectivity index (χ2n) is 7.59. The number of nitrogens with zero attached hydrogens (tertiary/aromatic N) is 1. The largest absolute Gasteiger partial charge is 0.449 e. The molecule has 0 spiro atoms. The summed E-state index contributed by atoms with van der Waals surface area (Å²) in [6, 6.07) is 20.6. The van der Waals surface area contributed by atoms with Gasteiger partial charge in [-0.2, -0.15) is 0 Å². The van der Waals surface area contributed by atoms with E-state index in [1.165, 1.54) is 22.3 Å². The highest BCUT2D eigenvalue weighted by Crippen LogP contribution is 2.44. The van der Waals surface area contributed by atoms with Crippen LogP contribution in [-0.2, 0) is 4.74 Å².